The average molecular weight is 227 g/mol. The highest BCUT2D eigenvalue weighted by molar-refractivity contribution is 5.73. The van der Waals surface area contributed by atoms with Gasteiger partial charge in [-0.2, -0.15) is 0 Å². The number of nitrogens with zero attached hydrogens (tertiary/aromatic N) is 1. The van der Waals surface area contributed by atoms with Crippen LogP contribution in [0.4, 0.5) is 0 Å². The summed E-state index contributed by atoms with van der Waals surface area (Å²) in [5.74, 6) is -1.10. The van der Waals surface area contributed by atoms with Crippen LogP contribution in [-0.4, -0.2) is 39.5 Å². The number of aryl methyl sites for hydroxylation is 1. The second-order valence-electron chi connectivity index (χ2n) is 3.32. The fourth-order valence-corrected chi connectivity index (χ4v) is 1.28. The number of aliphatic hydroxyl groups is 2. The Labute approximate surface area is 92.1 Å². The summed E-state index contributed by atoms with van der Waals surface area (Å²) in [7, 11) is 1.46. The van der Waals surface area contributed by atoms with Gasteiger partial charge in [0.15, 0.2) is 6.10 Å². The van der Waals surface area contributed by atoms with Crippen molar-refractivity contribution >= 4 is 5.97 Å². The highest BCUT2D eigenvalue weighted by atomic mass is 16.5. The Morgan fingerprint density at radius 3 is 2.56 bits per heavy atom. The number of pyridine rings is 1. The molecule has 88 valence electrons. The third-order valence-corrected chi connectivity index (χ3v) is 2.14. The summed E-state index contributed by atoms with van der Waals surface area (Å²) in [6.07, 6.45) is -2.10. The van der Waals surface area contributed by atoms with Crippen molar-refractivity contribution in [3.8, 4) is 5.88 Å². The monoisotopic (exact) mass is 227 g/mol. The van der Waals surface area contributed by atoms with Crippen molar-refractivity contribution < 1.29 is 24.9 Å². The van der Waals surface area contributed by atoms with Crippen molar-refractivity contribution in [2.75, 3.05) is 7.11 Å². The standard InChI is InChI=1S/C10H13NO5/c1-5-3-6(4-11-9(5)16-2)7(12)8(13)10(14)15/h3-4,7-8,12-13H,1-2H3,(H,14,15). The number of carbonyl (C=O) groups is 1. The number of hydrogen-bond donors (Lipinski definition) is 3. The molecule has 0 aliphatic heterocycles. The van der Waals surface area contributed by atoms with Crippen LogP contribution in [-0.2, 0) is 4.79 Å². The quantitative estimate of drug-likeness (QED) is 0.663. The van der Waals surface area contributed by atoms with E-state index in [1.54, 1.807) is 6.92 Å². The van der Waals surface area contributed by atoms with Gasteiger partial charge in [-0.15, -0.1) is 0 Å². The van der Waals surface area contributed by atoms with Crippen LogP contribution in [0, 0.1) is 6.92 Å². The maximum absolute atomic E-state index is 10.5. The molecule has 0 aliphatic rings. The molecule has 3 N–H and O–H groups in total. The first-order chi connectivity index (χ1) is 7.47. The molecular weight excluding hydrogens is 214 g/mol. The minimum atomic E-state index is -1.87. The molecule has 2 unspecified atom stereocenters. The Hall–Kier alpha value is -1.66. The van der Waals surface area contributed by atoms with Gasteiger partial charge in [0, 0.05) is 17.3 Å². The maximum Gasteiger partial charge on any atom is 0.335 e. The second-order valence-corrected chi connectivity index (χ2v) is 3.32. The van der Waals surface area contributed by atoms with Crippen molar-refractivity contribution in [3.05, 3.63) is 23.4 Å². The molecule has 0 amide bonds. The molecule has 0 saturated carbocycles. The van der Waals surface area contributed by atoms with Crippen LogP contribution in [0.3, 0.4) is 0 Å². The Bertz CT molecular complexity index is 393. The van der Waals surface area contributed by atoms with Gasteiger partial charge < -0.3 is 20.1 Å². The number of ether oxygens (including phenoxy) is 1. The van der Waals surface area contributed by atoms with Crippen LogP contribution in [0.5, 0.6) is 5.88 Å². The molecule has 0 bridgehead atoms. The smallest absolute Gasteiger partial charge is 0.335 e. The number of methoxy groups -OCH3 is 1. The van der Waals surface area contributed by atoms with E-state index < -0.39 is 18.2 Å². The number of hydrogen-bond acceptors (Lipinski definition) is 5. The van der Waals surface area contributed by atoms with E-state index in [9.17, 15) is 9.90 Å². The molecule has 0 aliphatic carbocycles. The van der Waals surface area contributed by atoms with Gasteiger partial charge in [0.1, 0.15) is 6.10 Å². The third kappa shape index (κ3) is 2.47. The third-order valence-electron chi connectivity index (χ3n) is 2.14. The summed E-state index contributed by atoms with van der Waals surface area (Å²) in [5.41, 5.74) is 0.879. The fourth-order valence-electron chi connectivity index (χ4n) is 1.28. The summed E-state index contributed by atoms with van der Waals surface area (Å²) >= 11 is 0. The van der Waals surface area contributed by atoms with Crippen LogP contribution in [0.25, 0.3) is 0 Å². The van der Waals surface area contributed by atoms with Gasteiger partial charge >= 0.3 is 5.97 Å². The summed E-state index contributed by atoms with van der Waals surface area (Å²) in [6, 6.07) is 1.52. The minimum Gasteiger partial charge on any atom is -0.481 e. The molecule has 0 aromatic carbocycles. The Kier molecular flexibility index (Phi) is 3.81. The van der Waals surface area contributed by atoms with E-state index in [0.717, 1.165) is 0 Å². The molecule has 6 heteroatoms. The molecule has 16 heavy (non-hydrogen) atoms. The number of aliphatic hydroxyl groups excluding tert-OH is 2. The Morgan fingerprint density at radius 1 is 1.50 bits per heavy atom. The van der Waals surface area contributed by atoms with Crippen LogP contribution in [0.2, 0.25) is 0 Å². The van der Waals surface area contributed by atoms with Gasteiger partial charge in [-0.05, 0) is 13.0 Å². The second kappa shape index (κ2) is 4.91. The molecule has 0 spiro atoms. The first kappa shape index (κ1) is 12.4. The molecule has 0 fully saturated rings. The highest BCUT2D eigenvalue weighted by Crippen LogP contribution is 2.21. The van der Waals surface area contributed by atoms with E-state index in [0.29, 0.717) is 11.4 Å². The molecule has 6 nitrogen and oxygen atoms in total. The zero-order chi connectivity index (χ0) is 12.3. The number of rotatable bonds is 4. The average Bonchev–Trinajstić information content (AvgIpc) is 2.26. The lowest BCUT2D eigenvalue weighted by atomic mass is 10.1. The van der Waals surface area contributed by atoms with Gasteiger partial charge in [-0.25, -0.2) is 9.78 Å². The fraction of sp³-hybridized carbons (Fsp3) is 0.400. The minimum absolute atomic E-state index is 0.230. The van der Waals surface area contributed by atoms with Gasteiger partial charge in [0.25, 0.3) is 0 Å². The first-order valence-corrected chi connectivity index (χ1v) is 4.57. The molecule has 0 saturated heterocycles. The van der Waals surface area contributed by atoms with Gasteiger partial charge in [0.2, 0.25) is 5.88 Å². The van der Waals surface area contributed by atoms with E-state index >= 15 is 0 Å². The Morgan fingerprint density at radius 2 is 2.12 bits per heavy atom. The van der Waals surface area contributed by atoms with Gasteiger partial charge in [0.05, 0.1) is 7.11 Å². The lowest BCUT2D eigenvalue weighted by Crippen LogP contribution is -2.27. The molecule has 1 aromatic rings. The molecule has 1 aromatic heterocycles. The predicted octanol–water partition coefficient (Wildman–Crippen LogP) is -0.122. The molecule has 1 heterocycles. The number of carboxylic acids is 1. The van der Waals surface area contributed by atoms with Crippen LogP contribution >= 0.6 is 0 Å². The summed E-state index contributed by atoms with van der Waals surface area (Å²) in [6.45, 7) is 1.70. The number of carboxylic acid groups (broad SMARTS) is 1. The maximum atomic E-state index is 10.5. The normalized spacial score (nSPS) is 14.2. The molecule has 1 rings (SSSR count). The van der Waals surface area contributed by atoms with E-state index in [-0.39, 0.29) is 5.56 Å². The molecule has 2 atom stereocenters. The van der Waals surface area contributed by atoms with Crippen LogP contribution in [0.1, 0.15) is 17.2 Å². The van der Waals surface area contributed by atoms with Crippen molar-refractivity contribution in [1.29, 1.82) is 0 Å². The zero-order valence-electron chi connectivity index (χ0n) is 8.91. The molecular formula is C10H13NO5. The summed E-state index contributed by atoms with van der Waals surface area (Å²) in [4.78, 5) is 14.3. The lowest BCUT2D eigenvalue weighted by Gasteiger charge is -2.15. The first-order valence-electron chi connectivity index (χ1n) is 4.57. The summed E-state index contributed by atoms with van der Waals surface area (Å²) in [5, 5.41) is 27.2. The molecule has 0 radical (unpaired) electrons. The predicted molar refractivity (Wildman–Crippen MR) is 54.1 cm³/mol. The topological polar surface area (TPSA) is 99.9 Å². The van der Waals surface area contributed by atoms with Gasteiger partial charge in [-0.1, -0.05) is 0 Å². The van der Waals surface area contributed by atoms with E-state index in [1.807, 2.05) is 0 Å². The van der Waals surface area contributed by atoms with Crippen molar-refractivity contribution in [3.63, 3.8) is 0 Å². The van der Waals surface area contributed by atoms with E-state index in [1.165, 1.54) is 19.4 Å². The SMILES string of the molecule is COc1ncc(C(O)C(O)C(=O)O)cc1C. The largest absolute Gasteiger partial charge is 0.481 e. The van der Waals surface area contributed by atoms with Crippen molar-refractivity contribution in [1.82, 2.24) is 4.98 Å². The zero-order valence-corrected chi connectivity index (χ0v) is 8.91. The van der Waals surface area contributed by atoms with Crippen molar-refractivity contribution in [2.45, 2.75) is 19.1 Å². The van der Waals surface area contributed by atoms with Crippen LogP contribution < -0.4 is 4.74 Å². The summed E-state index contributed by atoms with van der Waals surface area (Å²) < 4.78 is 4.92. The van der Waals surface area contributed by atoms with Crippen LogP contribution in [0.15, 0.2) is 12.3 Å². The lowest BCUT2D eigenvalue weighted by molar-refractivity contribution is -0.153. The van der Waals surface area contributed by atoms with Crippen molar-refractivity contribution in [2.24, 2.45) is 0 Å². The highest BCUT2D eigenvalue weighted by Gasteiger charge is 2.25. The number of aromatic nitrogens is 1. The van der Waals surface area contributed by atoms with E-state index in [2.05, 4.69) is 4.98 Å². The Balaban J connectivity index is 2.97. The van der Waals surface area contributed by atoms with Gasteiger partial charge in [-0.3, -0.25) is 0 Å². The number of aliphatic carboxylic acids is 1. The van der Waals surface area contributed by atoms with E-state index in [4.69, 9.17) is 14.9 Å².